The van der Waals surface area contributed by atoms with Crippen LogP contribution in [0.3, 0.4) is 0 Å². The molecule has 0 aromatic heterocycles. The Kier molecular flexibility index (Phi) is 4.72. The molecule has 78 valence electrons. The van der Waals surface area contributed by atoms with Crippen LogP contribution in [0.2, 0.25) is 0 Å². The van der Waals surface area contributed by atoms with Gasteiger partial charge < -0.3 is 0 Å². The second-order valence-electron chi connectivity index (χ2n) is 4.33. The van der Waals surface area contributed by atoms with Crippen molar-refractivity contribution in [2.75, 3.05) is 0 Å². The highest BCUT2D eigenvalue weighted by molar-refractivity contribution is 5.25. The van der Waals surface area contributed by atoms with E-state index in [9.17, 15) is 0 Å². The number of rotatable bonds is 5. The van der Waals surface area contributed by atoms with E-state index in [0.29, 0.717) is 0 Å². The Labute approximate surface area is 88.4 Å². The minimum Gasteiger partial charge on any atom is -0.0651 e. The maximum Gasteiger partial charge on any atom is -0.0276 e. The Morgan fingerprint density at radius 2 is 1.93 bits per heavy atom. The third kappa shape index (κ3) is 3.53. The van der Waals surface area contributed by atoms with Crippen molar-refractivity contribution in [3.8, 4) is 0 Å². The summed E-state index contributed by atoms with van der Waals surface area (Å²) in [5.74, 6) is 0.888. The first kappa shape index (κ1) is 11.3. The first-order chi connectivity index (χ1) is 6.74. The van der Waals surface area contributed by atoms with Gasteiger partial charge in [0.25, 0.3) is 0 Å². The fourth-order valence-electron chi connectivity index (χ4n) is 1.74. The zero-order valence-corrected chi connectivity index (χ0v) is 9.72. The van der Waals surface area contributed by atoms with Gasteiger partial charge in [0.2, 0.25) is 0 Å². The molecule has 0 saturated heterocycles. The fourth-order valence-corrected chi connectivity index (χ4v) is 1.74. The van der Waals surface area contributed by atoms with Crippen molar-refractivity contribution >= 4 is 0 Å². The van der Waals surface area contributed by atoms with Crippen molar-refractivity contribution in [3.63, 3.8) is 0 Å². The van der Waals surface area contributed by atoms with E-state index in [1.807, 2.05) is 0 Å². The summed E-state index contributed by atoms with van der Waals surface area (Å²) in [6.07, 6.45) is 5.26. The lowest BCUT2D eigenvalue weighted by atomic mass is 9.97. The van der Waals surface area contributed by atoms with Crippen LogP contribution in [0.5, 0.6) is 0 Å². The molecule has 0 aliphatic rings. The summed E-state index contributed by atoms with van der Waals surface area (Å²) in [5.41, 5.74) is 2.97. The summed E-state index contributed by atoms with van der Waals surface area (Å²) in [6, 6.07) is 8.73. The molecular formula is C14H22. The average Bonchev–Trinajstić information content (AvgIpc) is 2.20. The molecule has 0 aliphatic heterocycles. The smallest absolute Gasteiger partial charge is 0.0276 e. The predicted octanol–water partition coefficient (Wildman–Crippen LogP) is 4.36. The van der Waals surface area contributed by atoms with Gasteiger partial charge in [0.15, 0.2) is 0 Å². The molecule has 0 N–H and O–H groups in total. The van der Waals surface area contributed by atoms with Gasteiger partial charge in [0.05, 0.1) is 0 Å². The molecule has 0 radical (unpaired) electrons. The lowest BCUT2D eigenvalue weighted by Crippen LogP contribution is -1.95. The fraction of sp³-hybridized carbons (Fsp3) is 0.571. The van der Waals surface area contributed by atoms with Crippen molar-refractivity contribution in [2.24, 2.45) is 5.92 Å². The van der Waals surface area contributed by atoms with Crippen LogP contribution in [0, 0.1) is 12.8 Å². The van der Waals surface area contributed by atoms with Crippen molar-refractivity contribution in [3.05, 3.63) is 35.4 Å². The van der Waals surface area contributed by atoms with Gasteiger partial charge >= 0.3 is 0 Å². The molecule has 0 fully saturated rings. The van der Waals surface area contributed by atoms with E-state index in [4.69, 9.17) is 0 Å². The molecule has 0 bridgehead atoms. The van der Waals surface area contributed by atoms with Gasteiger partial charge in [-0.1, -0.05) is 51.0 Å². The van der Waals surface area contributed by atoms with Crippen LogP contribution in [-0.4, -0.2) is 0 Å². The number of hydrogen-bond acceptors (Lipinski definition) is 0. The molecule has 0 saturated carbocycles. The molecule has 0 amide bonds. The third-order valence-corrected chi connectivity index (χ3v) is 3.10. The van der Waals surface area contributed by atoms with E-state index >= 15 is 0 Å². The summed E-state index contributed by atoms with van der Waals surface area (Å²) in [4.78, 5) is 0. The Hall–Kier alpha value is -0.780. The summed E-state index contributed by atoms with van der Waals surface area (Å²) in [6.45, 7) is 6.83. The maximum absolute atomic E-state index is 2.35. The quantitative estimate of drug-likeness (QED) is 0.647. The van der Waals surface area contributed by atoms with Gasteiger partial charge in [-0.2, -0.15) is 0 Å². The van der Waals surface area contributed by atoms with Crippen molar-refractivity contribution in [2.45, 2.75) is 46.5 Å². The standard InChI is InChI=1S/C14H22/c1-4-12(2)8-7-11-14-10-6-5-9-13(14)3/h5-6,9-10,12H,4,7-8,11H2,1-3H3. The Bertz CT molecular complexity index is 262. The molecule has 0 spiro atoms. The van der Waals surface area contributed by atoms with Gasteiger partial charge in [-0.15, -0.1) is 0 Å². The van der Waals surface area contributed by atoms with Crippen LogP contribution in [0.1, 0.15) is 44.2 Å². The maximum atomic E-state index is 2.35. The predicted molar refractivity (Wildman–Crippen MR) is 63.6 cm³/mol. The SMILES string of the molecule is CCC(C)CCCc1ccccc1C. The van der Waals surface area contributed by atoms with Gasteiger partial charge in [0, 0.05) is 0 Å². The monoisotopic (exact) mass is 190 g/mol. The molecule has 1 rings (SSSR count). The molecule has 1 atom stereocenters. The van der Waals surface area contributed by atoms with Gasteiger partial charge in [0.1, 0.15) is 0 Å². The van der Waals surface area contributed by atoms with Crippen LogP contribution in [-0.2, 0) is 6.42 Å². The first-order valence-electron chi connectivity index (χ1n) is 5.78. The van der Waals surface area contributed by atoms with Gasteiger partial charge in [-0.05, 0) is 36.8 Å². The molecule has 0 aliphatic carbocycles. The zero-order chi connectivity index (χ0) is 10.4. The molecule has 0 nitrogen and oxygen atoms in total. The van der Waals surface area contributed by atoms with Crippen molar-refractivity contribution in [1.29, 1.82) is 0 Å². The molecule has 14 heavy (non-hydrogen) atoms. The summed E-state index contributed by atoms with van der Waals surface area (Å²) < 4.78 is 0. The summed E-state index contributed by atoms with van der Waals surface area (Å²) in [5, 5.41) is 0. The molecule has 0 heterocycles. The Morgan fingerprint density at radius 3 is 2.57 bits per heavy atom. The Balaban J connectivity index is 2.35. The normalized spacial score (nSPS) is 12.8. The molecule has 0 heteroatoms. The molecule has 1 unspecified atom stereocenters. The zero-order valence-electron chi connectivity index (χ0n) is 9.72. The van der Waals surface area contributed by atoms with Crippen LogP contribution >= 0.6 is 0 Å². The number of hydrogen-bond donors (Lipinski definition) is 0. The van der Waals surface area contributed by atoms with E-state index in [2.05, 4.69) is 45.0 Å². The second kappa shape index (κ2) is 5.85. The van der Waals surface area contributed by atoms with Crippen molar-refractivity contribution in [1.82, 2.24) is 0 Å². The van der Waals surface area contributed by atoms with E-state index in [-0.39, 0.29) is 0 Å². The van der Waals surface area contributed by atoms with Crippen LogP contribution < -0.4 is 0 Å². The highest BCUT2D eigenvalue weighted by atomic mass is 14.1. The first-order valence-corrected chi connectivity index (χ1v) is 5.78. The third-order valence-electron chi connectivity index (χ3n) is 3.10. The second-order valence-corrected chi connectivity index (χ2v) is 4.33. The summed E-state index contributed by atoms with van der Waals surface area (Å²) in [7, 11) is 0. The number of benzene rings is 1. The van der Waals surface area contributed by atoms with E-state index in [0.717, 1.165) is 5.92 Å². The summed E-state index contributed by atoms with van der Waals surface area (Å²) >= 11 is 0. The average molecular weight is 190 g/mol. The largest absolute Gasteiger partial charge is 0.0651 e. The van der Waals surface area contributed by atoms with Crippen molar-refractivity contribution < 1.29 is 0 Å². The van der Waals surface area contributed by atoms with Crippen LogP contribution in [0.25, 0.3) is 0 Å². The van der Waals surface area contributed by atoms with Crippen LogP contribution in [0.15, 0.2) is 24.3 Å². The highest BCUT2D eigenvalue weighted by Gasteiger charge is 2.00. The highest BCUT2D eigenvalue weighted by Crippen LogP contribution is 2.15. The molecule has 1 aromatic rings. The van der Waals surface area contributed by atoms with Crippen LogP contribution in [0.4, 0.5) is 0 Å². The Morgan fingerprint density at radius 1 is 1.21 bits per heavy atom. The topological polar surface area (TPSA) is 0 Å². The van der Waals surface area contributed by atoms with Gasteiger partial charge in [-0.25, -0.2) is 0 Å². The van der Waals surface area contributed by atoms with E-state index in [1.165, 1.54) is 36.8 Å². The number of aryl methyl sites for hydroxylation is 2. The molecular weight excluding hydrogens is 168 g/mol. The lowest BCUT2D eigenvalue weighted by molar-refractivity contribution is 0.495. The van der Waals surface area contributed by atoms with Gasteiger partial charge in [-0.3, -0.25) is 0 Å². The molecule has 1 aromatic carbocycles. The minimum absolute atomic E-state index is 0.888. The van der Waals surface area contributed by atoms with E-state index in [1.54, 1.807) is 0 Å². The van der Waals surface area contributed by atoms with E-state index < -0.39 is 0 Å². The minimum atomic E-state index is 0.888. The lowest BCUT2D eigenvalue weighted by Gasteiger charge is -2.09.